The molecule has 3 aromatic rings. The summed E-state index contributed by atoms with van der Waals surface area (Å²) in [6, 6.07) is 6.78. The Morgan fingerprint density at radius 1 is 1.11 bits per heavy atom. The number of rotatable bonds is 7. The molecule has 2 aromatic heterocycles. The van der Waals surface area contributed by atoms with E-state index in [2.05, 4.69) is 25.7 Å². The average molecular weight is 485 g/mol. The van der Waals surface area contributed by atoms with Gasteiger partial charge in [-0.25, -0.2) is 13.8 Å². The number of carbonyl (C=O) groups is 2. The van der Waals surface area contributed by atoms with Crippen LogP contribution in [0.1, 0.15) is 47.4 Å². The largest absolute Gasteiger partial charge is 0.469 e. The van der Waals surface area contributed by atoms with E-state index in [0.717, 1.165) is 37.8 Å². The Balaban J connectivity index is 1.39. The smallest absolute Gasteiger partial charge is 0.308 e. The predicted octanol–water partition coefficient (Wildman–Crippen LogP) is 3.23. The first-order valence-electron chi connectivity index (χ1n) is 11.4. The molecule has 35 heavy (non-hydrogen) atoms. The number of aromatic nitrogens is 5. The summed E-state index contributed by atoms with van der Waals surface area (Å²) >= 11 is 0. The lowest BCUT2D eigenvalue weighted by Gasteiger charge is -2.26. The Bertz CT molecular complexity index is 1220. The topological polar surface area (TPSA) is 112 Å². The van der Waals surface area contributed by atoms with E-state index in [1.165, 1.54) is 18.0 Å². The molecule has 184 valence electrons. The van der Waals surface area contributed by atoms with Crippen LogP contribution in [0.2, 0.25) is 0 Å². The number of aryl methyl sites for hydroxylation is 1. The minimum Gasteiger partial charge on any atom is -0.469 e. The number of tetrazole rings is 1. The van der Waals surface area contributed by atoms with Gasteiger partial charge in [-0.2, -0.15) is 4.80 Å². The molecule has 1 aliphatic rings. The Hall–Kier alpha value is -3.76. The first-order chi connectivity index (χ1) is 16.8. The van der Waals surface area contributed by atoms with Crippen molar-refractivity contribution in [3.63, 3.8) is 0 Å². The van der Waals surface area contributed by atoms with Crippen LogP contribution in [0.5, 0.6) is 0 Å². The molecule has 0 bridgehead atoms. The SMILES string of the molecule is COC(=O)[C@H]1CC[C@H](Cn2nnc(-c3cc(C)nc(C(=O)NCc4ccc(F)c(F)c4)c3)n2)CC1. The molecule has 1 fully saturated rings. The molecule has 9 nitrogen and oxygen atoms in total. The molecule has 0 spiro atoms. The van der Waals surface area contributed by atoms with Crippen LogP contribution in [0.15, 0.2) is 30.3 Å². The number of esters is 1. The summed E-state index contributed by atoms with van der Waals surface area (Å²) in [5, 5.41) is 15.4. The summed E-state index contributed by atoms with van der Waals surface area (Å²) in [7, 11) is 1.41. The predicted molar refractivity (Wildman–Crippen MR) is 121 cm³/mol. The van der Waals surface area contributed by atoms with Gasteiger partial charge in [0.05, 0.1) is 19.6 Å². The van der Waals surface area contributed by atoms with Gasteiger partial charge in [0.15, 0.2) is 11.6 Å². The molecule has 0 radical (unpaired) electrons. The summed E-state index contributed by atoms with van der Waals surface area (Å²) < 4.78 is 31.3. The maximum atomic E-state index is 13.4. The lowest BCUT2D eigenvalue weighted by Crippen LogP contribution is -2.25. The number of carbonyl (C=O) groups excluding carboxylic acids is 2. The second-order valence-electron chi connectivity index (χ2n) is 8.72. The molecule has 11 heteroatoms. The minimum absolute atomic E-state index is 0.0215. The fourth-order valence-electron chi connectivity index (χ4n) is 4.25. The van der Waals surface area contributed by atoms with Crippen molar-refractivity contribution in [2.75, 3.05) is 7.11 Å². The lowest BCUT2D eigenvalue weighted by molar-refractivity contribution is -0.146. The van der Waals surface area contributed by atoms with E-state index in [1.807, 2.05) is 0 Å². The Morgan fingerprint density at radius 2 is 1.89 bits per heavy atom. The maximum absolute atomic E-state index is 13.4. The van der Waals surface area contributed by atoms with Gasteiger partial charge in [0.1, 0.15) is 5.69 Å². The Morgan fingerprint density at radius 3 is 2.60 bits per heavy atom. The van der Waals surface area contributed by atoms with Crippen molar-refractivity contribution in [3.8, 4) is 11.4 Å². The van der Waals surface area contributed by atoms with Crippen LogP contribution in [0, 0.1) is 30.4 Å². The van der Waals surface area contributed by atoms with E-state index >= 15 is 0 Å². The summed E-state index contributed by atoms with van der Waals surface area (Å²) in [6.07, 6.45) is 3.33. The third-order valence-corrected chi connectivity index (χ3v) is 6.14. The molecule has 1 aromatic carbocycles. The molecule has 0 saturated heterocycles. The molecule has 1 aliphatic carbocycles. The highest BCUT2D eigenvalue weighted by Gasteiger charge is 2.27. The quantitative estimate of drug-likeness (QED) is 0.513. The van der Waals surface area contributed by atoms with Gasteiger partial charge >= 0.3 is 5.97 Å². The van der Waals surface area contributed by atoms with Crippen molar-refractivity contribution in [3.05, 3.63) is 58.9 Å². The molecule has 4 rings (SSSR count). The standard InChI is InChI=1S/C24H26F2N6O3/c1-14-9-18(11-21(28-14)23(33)27-12-16-5-8-19(25)20(26)10-16)22-29-31-32(30-22)13-15-3-6-17(7-4-15)24(34)35-2/h5,8-11,15,17H,3-4,6-7,12-13H2,1-2H3,(H,27,33)/t15-,17-. The molecule has 0 unspecified atom stereocenters. The molecule has 0 aliphatic heterocycles. The normalized spacial score (nSPS) is 17.7. The number of benzene rings is 1. The van der Waals surface area contributed by atoms with Gasteiger partial charge in [-0.15, -0.1) is 10.2 Å². The fraction of sp³-hybridized carbons (Fsp3) is 0.417. The molecule has 1 saturated carbocycles. The van der Waals surface area contributed by atoms with Crippen LogP contribution in [0.25, 0.3) is 11.4 Å². The third kappa shape index (κ3) is 6.03. The fourth-order valence-corrected chi connectivity index (χ4v) is 4.25. The van der Waals surface area contributed by atoms with Gasteiger partial charge in [-0.3, -0.25) is 9.59 Å². The van der Waals surface area contributed by atoms with Crippen molar-refractivity contribution in [2.24, 2.45) is 11.8 Å². The second kappa shape index (κ2) is 10.7. The van der Waals surface area contributed by atoms with Crippen molar-refractivity contribution in [1.29, 1.82) is 0 Å². The Kier molecular flexibility index (Phi) is 7.42. The van der Waals surface area contributed by atoms with E-state index < -0.39 is 17.5 Å². The summed E-state index contributed by atoms with van der Waals surface area (Å²) in [4.78, 5) is 30.1. The third-order valence-electron chi connectivity index (χ3n) is 6.14. The van der Waals surface area contributed by atoms with Crippen LogP contribution in [0.3, 0.4) is 0 Å². The van der Waals surface area contributed by atoms with E-state index in [1.54, 1.807) is 19.1 Å². The zero-order chi connectivity index (χ0) is 24.9. The zero-order valence-corrected chi connectivity index (χ0v) is 19.5. The number of methoxy groups -OCH3 is 1. The molecule has 2 heterocycles. The van der Waals surface area contributed by atoms with Crippen molar-refractivity contribution < 1.29 is 23.1 Å². The van der Waals surface area contributed by atoms with Crippen LogP contribution in [-0.4, -0.2) is 44.2 Å². The number of hydrogen-bond acceptors (Lipinski definition) is 7. The summed E-state index contributed by atoms with van der Waals surface area (Å²) in [5.41, 5.74) is 1.77. The summed E-state index contributed by atoms with van der Waals surface area (Å²) in [6.45, 7) is 2.36. The summed E-state index contributed by atoms with van der Waals surface area (Å²) in [5.74, 6) is -1.86. The molecule has 1 amide bonds. The maximum Gasteiger partial charge on any atom is 0.308 e. The van der Waals surface area contributed by atoms with E-state index in [-0.39, 0.29) is 24.1 Å². The van der Waals surface area contributed by atoms with Crippen molar-refractivity contribution in [2.45, 2.75) is 45.7 Å². The molecular formula is C24H26F2N6O3. The van der Waals surface area contributed by atoms with Crippen LogP contribution >= 0.6 is 0 Å². The van der Waals surface area contributed by atoms with Crippen molar-refractivity contribution in [1.82, 2.24) is 30.5 Å². The number of halogens is 2. The van der Waals surface area contributed by atoms with Crippen LogP contribution in [-0.2, 0) is 22.6 Å². The van der Waals surface area contributed by atoms with Crippen LogP contribution < -0.4 is 5.32 Å². The first kappa shape index (κ1) is 24.4. The molecule has 0 atom stereocenters. The number of amides is 1. The minimum atomic E-state index is -0.974. The highest BCUT2D eigenvalue weighted by molar-refractivity contribution is 5.93. The molecule has 1 N–H and O–H groups in total. The number of nitrogens with one attached hydrogen (secondary N) is 1. The van der Waals surface area contributed by atoms with Gasteiger partial charge in [0.2, 0.25) is 5.82 Å². The van der Waals surface area contributed by atoms with E-state index in [0.29, 0.717) is 35.1 Å². The Labute approximate surface area is 200 Å². The number of nitrogens with zero attached hydrogens (tertiary/aromatic N) is 5. The van der Waals surface area contributed by atoms with Crippen molar-refractivity contribution >= 4 is 11.9 Å². The first-order valence-corrected chi connectivity index (χ1v) is 11.4. The lowest BCUT2D eigenvalue weighted by atomic mass is 9.82. The average Bonchev–Trinajstić information content (AvgIpc) is 3.32. The van der Waals surface area contributed by atoms with Gasteiger partial charge in [-0.1, -0.05) is 6.07 Å². The number of ether oxygens (including phenoxy) is 1. The van der Waals surface area contributed by atoms with E-state index in [4.69, 9.17) is 4.74 Å². The monoisotopic (exact) mass is 484 g/mol. The van der Waals surface area contributed by atoms with Gasteiger partial charge < -0.3 is 10.1 Å². The van der Waals surface area contributed by atoms with E-state index in [9.17, 15) is 18.4 Å². The van der Waals surface area contributed by atoms with Gasteiger partial charge in [0, 0.05) is 17.8 Å². The highest BCUT2D eigenvalue weighted by Crippen LogP contribution is 2.30. The molecular weight excluding hydrogens is 458 g/mol. The highest BCUT2D eigenvalue weighted by atomic mass is 19.2. The number of pyridine rings is 1. The van der Waals surface area contributed by atoms with Gasteiger partial charge in [-0.05, 0) is 73.6 Å². The second-order valence-corrected chi connectivity index (χ2v) is 8.72. The number of hydrogen-bond donors (Lipinski definition) is 1. The zero-order valence-electron chi connectivity index (χ0n) is 19.5. The van der Waals surface area contributed by atoms with Crippen LogP contribution in [0.4, 0.5) is 8.78 Å². The van der Waals surface area contributed by atoms with Gasteiger partial charge in [0.25, 0.3) is 5.91 Å².